The van der Waals surface area contributed by atoms with Gasteiger partial charge in [-0.1, -0.05) is 0 Å². The molecule has 0 radical (unpaired) electrons. The van der Waals surface area contributed by atoms with Crippen LogP contribution in [0.5, 0.6) is 5.75 Å². The number of benzene rings is 2. The van der Waals surface area contributed by atoms with Crippen LogP contribution in [0.2, 0.25) is 5.02 Å². The Morgan fingerprint density at radius 2 is 1.83 bits per heavy atom. The molecule has 0 unspecified atom stereocenters. The summed E-state index contributed by atoms with van der Waals surface area (Å²) in [6, 6.07) is 15.8. The van der Waals surface area contributed by atoms with Crippen LogP contribution in [0.3, 0.4) is 0 Å². The quantitative estimate of drug-likeness (QED) is 0.583. The van der Waals surface area contributed by atoms with Crippen molar-refractivity contribution in [2.75, 3.05) is 15.5 Å². The SMILES string of the molecule is CNc1ccccc1OC1=CC(C)=C[I-]N1c1ccccc1Cl. The molecular weight excluding hydrogens is 423 g/mol. The third-order valence-electron chi connectivity index (χ3n) is 3.30. The summed E-state index contributed by atoms with van der Waals surface area (Å²) >= 11 is 6.01. The molecule has 0 bridgehead atoms. The standard InChI is InChI=1S/C18H17ClIN2O/c1-13-11-18(23-17-10-6-4-8-15(17)21-2)22(20-12-13)16-9-5-3-7-14(16)19/h3-12,21H,1-2H3/q-1. The summed E-state index contributed by atoms with van der Waals surface area (Å²) in [5, 5.41) is 3.89. The van der Waals surface area contributed by atoms with E-state index in [1.807, 2.05) is 55.6 Å². The van der Waals surface area contributed by atoms with Crippen molar-refractivity contribution in [3.8, 4) is 5.75 Å². The van der Waals surface area contributed by atoms with E-state index >= 15 is 0 Å². The summed E-state index contributed by atoms with van der Waals surface area (Å²) in [5.74, 6) is 1.62. The molecule has 120 valence electrons. The fourth-order valence-electron chi connectivity index (χ4n) is 2.18. The Kier molecular flexibility index (Phi) is 5.13. The number of anilines is 2. The van der Waals surface area contributed by atoms with Crippen molar-refractivity contribution in [1.29, 1.82) is 0 Å². The second-order valence-corrected chi connectivity index (χ2v) is 7.57. The van der Waals surface area contributed by atoms with Crippen molar-refractivity contribution >= 4 is 23.0 Å². The van der Waals surface area contributed by atoms with Gasteiger partial charge in [0.15, 0.2) is 0 Å². The zero-order valence-corrected chi connectivity index (χ0v) is 15.8. The van der Waals surface area contributed by atoms with Crippen LogP contribution in [0, 0.1) is 0 Å². The van der Waals surface area contributed by atoms with Crippen LogP contribution in [0.1, 0.15) is 6.92 Å². The summed E-state index contributed by atoms with van der Waals surface area (Å²) in [6.45, 7) is 2.09. The average Bonchev–Trinajstić information content (AvgIpc) is 2.56. The molecule has 0 spiro atoms. The number of allylic oxidation sites excluding steroid dienone is 2. The van der Waals surface area contributed by atoms with E-state index in [1.165, 1.54) is 5.57 Å². The molecule has 1 aliphatic heterocycles. The minimum absolute atomic E-state index is 0.367. The number of rotatable bonds is 4. The Balaban J connectivity index is 1.96. The molecule has 2 aromatic rings. The zero-order chi connectivity index (χ0) is 16.2. The summed E-state index contributed by atoms with van der Waals surface area (Å²) < 4.78 is 10.7. The van der Waals surface area contributed by atoms with Gasteiger partial charge >= 0.3 is 153 Å². The summed E-state index contributed by atoms with van der Waals surface area (Å²) in [7, 11) is 1.89. The Morgan fingerprint density at radius 3 is 2.61 bits per heavy atom. The van der Waals surface area contributed by atoms with Crippen molar-refractivity contribution in [2.24, 2.45) is 0 Å². The molecule has 0 saturated carbocycles. The van der Waals surface area contributed by atoms with Gasteiger partial charge < -0.3 is 0 Å². The summed E-state index contributed by atoms with van der Waals surface area (Å²) in [4.78, 5) is 0. The van der Waals surface area contributed by atoms with Gasteiger partial charge in [-0.3, -0.25) is 0 Å². The van der Waals surface area contributed by atoms with Gasteiger partial charge in [0.2, 0.25) is 0 Å². The topological polar surface area (TPSA) is 24.5 Å². The molecule has 3 rings (SSSR count). The zero-order valence-electron chi connectivity index (χ0n) is 12.9. The first kappa shape index (κ1) is 16.2. The van der Waals surface area contributed by atoms with Crippen molar-refractivity contribution in [2.45, 2.75) is 6.92 Å². The number of nitrogens with zero attached hydrogens (tertiary/aromatic N) is 1. The number of hydrogen-bond donors (Lipinski definition) is 1. The van der Waals surface area contributed by atoms with Crippen LogP contribution >= 0.6 is 11.6 Å². The second-order valence-electron chi connectivity index (χ2n) is 5.01. The molecule has 2 aromatic carbocycles. The van der Waals surface area contributed by atoms with Crippen molar-refractivity contribution in [1.82, 2.24) is 0 Å². The maximum absolute atomic E-state index is 6.38. The molecule has 5 heteroatoms. The van der Waals surface area contributed by atoms with Gasteiger partial charge in [-0.25, -0.2) is 0 Å². The first-order valence-corrected chi connectivity index (χ1v) is 9.79. The van der Waals surface area contributed by atoms with Gasteiger partial charge in [-0.2, -0.15) is 0 Å². The van der Waals surface area contributed by atoms with Gasteiger partial charge in [0.1, 0.15) is 0 Å². The van der Waals surface area contributed by atoms with Gasteiger partial charge in [0.25, 0.3) is 0 Å². The fourth-order valence-corrected chi connectivity index (χ4v) is 4.68. The molecule has 1 heterocycles. The molecule has 3 nitrogen and oxygen atoms in total. The number of ether oxygens (including phenoxy) is 1. The first-order chi connectivity index (χ1) is 11.2. The van der Waals surface area contributed by atoms with E-state index < -0.39 is 0 Å². The van der Waals surface area contributed by atoms with Crippen molar-refractivity contribution in [3.63, 3.8) is 0 Å². The molecule has 0 saturated heterocycles. The molecule has 1 N–H and O–H groups in total. The second kappa shape index (κ2) is 7.27. The molecule has 0 fully saturated rings. The molecule has 0 aromatic heterocycles. The third kappa shape index (κ3) is 3.64. The number of halogens is 2. The van der Waals surface area contributed by atoms with E-state index in [2.05, 4.69) is 25.5 Å². The van der Waals surface area contributed by atoms with Crippen LogP contribution in [0.25, 0.3) is 0 Å². The molecule has 0 aliphatic carbocycles. The Hall–Kier alpha value is -1.66. The Labute approximate surface area is 152 Å². The van der Waals surface area contributed by atoms with Crippen LogP contribution < -0.4 is 34.6 Å². The van der Waals surface area contributed by atoms with E-state index in [9.17, 15) is 0 Å². The predicted molar refractivity (Wildman–Crippen MR) is 92.4 cm³/mol. The monoisotopic (exact) mass is 439 g/mol. The van der Waals surface area contributed by atoms with E-state index in [4.69, 9.17) is 16.3 Å². The van der Waals surface area contributed by atoms with E-state index in [0.29, 0.717) is 0 Å². The number of para-hydroxylation sites is 3. The van der Waals surface area contributed by atoms with E-state index in [-0.39, 0.29) is 21.5 Å². The van der Waals surface area contributed by atoms with Crippen molar-refractivity contribution in [3.05, 3.63) is 75.2 Å². The summed E-state index contributed by atoms with van der Waals surface area (Å²) in [6.07, 6.45) is 2.05. The van der Waals surface area contributed by atoms with Gasteiger partial charge in [-0.05, 0) is 0 Å². The van der Waals surface area contributed by atoms with E-state index in [0.717, 1.165) is 28.0 Å². The average molecular weight is 440 g/mol. The molecule has 0 atom stereocenters. The Morgan fingerprint density at radius 1 is 1.09 bits per heavy atom. The van der Waals surface area contributed by atoms with Crippen LogP contribution in [-0.4, -0.2) is 7.05 Å². The van der Waals surface area contributed by atoms with Crippen molar-refractivity contribution < 1.29 is 26.2 Å². The fraction of sp³-hybridized carbons (Fsp3) is 0.111. The van der Waals surface area contributed by atoms with Crippen LogP contribution in [0.4, 0.5) is 11.4 Å². The van der Waals surface area contributed by atoms with E-state index in [1.54, 1.807) is 0 Å². The van der Waals surface area contributed by atoms with Gasteiger partial charge in [0.05, 0.1) is 0 Å². The number of hydrogen-bond acceptors (Lipinski definition) is 3. The molecular formula is C18H17ClIN2O-. The maximum atomic E-state index is 6.38. The van der Waals surface area contributed by atoms with Gasteiger partial charge in [-0.15, -0.1) is 0 Å². The Bertz CT molecular complexity index is 773. The third-order valence-corrected chi connectivity index (χ3v) is 6.43. The normalized spacial score (nSPS) is 14.5. The first-order valence-electron chi connectivity index (χ1n) is 7.20. The van der Waals surface area contributed by atoms with Crippen LogP contribution in [0.15, 0.2) is 70.1 Å². The minimum atomic E-state index is -0.367. The molecule has 0 amide bonds. The molecule has 1 aliphatic rings. The summed E-state index contributed by atoms with van der Waals surface area (Å²) in [5.41, 5.74) is 3.16. The van der Waals surface area contributed by atoms with Crippen LogP contribution in [-0.2, 0) is 0 Å². The van der Waals surface area contributed by atoms with Gasteiger partial charge in [0, 0.05) is 0 Å². The number of nitrogens with one attached hydrogen (secondary N) is 1. The predicted octanol–water partition coefficient (Wildman–Crippen LogP) is 2.03. The molecule has 23 heavy (non-hydrogen) atoms.